The Morgan fingerprint density at radius 1 is 0.429 bits per heavy atom. The van der Waals surface area contributed by atoms with Crippen molar-refractivity contribution in [2.75, 3.05) is 0 Å². The van der Waals surface area contributed by atoms with Crippen LogP contribution in [-0.2, 0) is 14.4 Å². The molecule has 3 aromatic rings. The molecule has 0 aliphatic rings. The van der Waals surface area contributed by atoms with Gasteiger partial charge in [-0.3, -0.25) is 0 Å². The summed E-state index contributed by atoms with van der Waals surface area (Å²) >= 11 is 0. The molecule has 0 heterocycles. The highest BCUT2D eigenvalue weighted by atomic mass is 16.1. The van der Waals surface area contributed by atoms with Crippen LogP contribution in [0.4, 0.5) is 17.1 Å². The summed E-state index contributed by atoms with van der Waals surface area (Å²) < 4.78 is 0. The Morgan fingerprint density at radius 2 is 0.643 bits per heavy atom. The number of nitrogens with zero attached hydrogens (tertiary/aromatic N) is 3. The predicted octanol–water partition coefficient (Wildman–Crippen LogP) is 5.60. The fraction of sp³-hybridized carbons (Fsp3) is 0.0455. The van der Waals surface area contributed by atoms with E-state index in [1.807, 2.05) is 54.6 Å². The first-order valence-electron chi connectivity index (χ1n) is 7.69. The number of hydrogen-bond donors (Lipinski definition) is 0. The lowest BCUT2D eigenvalue weighted by Crippen LogP contribution is -1.59. The van der Waals surface area contributed by atoms with E-state index in [0.717, 1.165) is 0 Å². The summed E-state index contributed by atoms with van der Waals surface area (Å²) in [6, 6.07) is 26.9. The van der Waals surface area contributed by atoms with Gasteiger partial charge in [0.2, 0.25) is 18.2 Å². The molecule has 0 bridgehead atoms. The minimum absolute atomic E-state index is 0. The van der Waals surface area contributed by atoms with Crippen molar-refractivity contribution < 1.29 is 14.4 Å². The van der Waals surface area contributed by atoms with Crippen molar-refractivity contribution in [3.63, 3.8) is 0 Å². The minimum atomic E-state index is 0. The molecule has 0 amide bonds. The molecule has 0 aliphatic heterocycles. The lowest BCUT2D eigenvalue weighted by Gasteiger charge is -1.83. The number of aliphatic imine (C=N–C) groups is 3. The monoisotopic (exact) mass is 373 g/mol. The first-order chi connectivity index (χ1) is 13.3. The smallest absolute Gasteiger partial charge is 0.211 e. The first kappa shape index (κ1) is 23.8. The van der Waals surface area contributed by atoms with Gasteiger partial charge < -0.3 is 0 Å². The van der Waals surface area contributed by atoms with Crippen molar-refractivity contribution in [2.24, 2.45) is 15.0 Å². The number of hydrogen-bond acceptors (Lipinski definition) is 6. The molecule has 0 aromatic heterocycles. The van der Waals surface area contributed by atoms with Gasteiger partial charge in [-0.25, -0.2) is 14.4 Å². The molecule has 140 valence electrons. The second-order valence-electron chi connectivity index (χ2n) is 4.62. The van der Waals surface area contributed by atoms with Gasteiger partial charge in [0.25, 0.3) is 0 Å². The molecule has 6 heteroatoms. The van der Waals surface area contributed by atoms with Crippen LogP contribution in [0.25, 0.3) is 0 Å². The number of benzene rings is 3. The molecule has 6 nitrogen and oxygen atoms in total. The highest BCUT2D eigenvalue weighted by Gasteiger charge is 1.81. The van der Waals surface area contributed by atoms with Crippen LogP contribution >= 0.6 is 0 Å². The zero-order valence-corrected chi connectivity index (χ0v) is 14.2. The van der Waals surface area contributed by atoms with E-state index >= 15 is 0 Å². The third-order valence-electron chi connectivity index (χ3n) is 2.79. The van der Waals surface area contributed by atoms with Crippen LogP contribution in [0.15, 0.2) is 106 Å². The van der Waals surface area contributed by atoms with Crippen molar-refractivity contribution in [2.45, 2.75) is 7.43 Å². The van der Waals surface area contributed by atoms with E-state index in [0.29, 0.717) is 17.1 Å². The molecular formula is C22H19N3O3. The SMILES string of the molecule is C.O=C=Nc1ccccc1.O=C=Nc1ccccc1.O=C=Nc1ccccc1. The van der Waals surface area contributed by atoms with E-state index < -0.39 is 0 Å². The van der Waals surface area contributed by atoms with E-state index in [2.05, 4.69) is 15.0 Å². The van der Waals surface area contributed by atoms with Gasteiger partial charge >= 0.3 is 0 Å². The summed E-state index contributed by atoms with van der Waals surface area (Å²) in [5, 5.41) is 0. The lowest BCUT2D eigenvalue weighted by molar-refractivity contribution is 0.564. The second kappa shape index (κ2) is 16.3. The van der Waals surface area contributed by atoms with Crippen molar-refractivity contribution in [1.82, 2.24) is 0 Å². The largest absolute Gasteiger partial charge is 0.240 e. The Kier molecular flexibility index (Phi) is 13.8. The summed E-state index contributed by atoms with van der Waals surface area (Å²) in [7, 11) is 0. The topological polar surface area (TPSA) is 88.3 Å². The van der Waals surface area contributed by atoms with Crippen molar-refractivity contribution >= 4 is 35.3 Å². The molecule has 28 heavy (non-hydrogen) atoms. The Labute approximate surface area is 163 Å². The van der Waals surface area contributed by atoms with Crippen molar-refractivity contribution in [1.29, 1.82) is 0 Å². The zero-order chi connectivity index (χ0) is 19.6. The molecule has 0 saturated carbocycles. The molecule has 0 N–H and O–H groups in total. The maximum atomic E-state index is 9.68. The van der Waals surface area contributed by atoms with Crippen LogP contribution < -0.4 is 0 Å². The summed E-state index contributed by atoms with van der Waals surface area (Å²) in [5.41, 5.74) is 1.94. The highest BCUT2D eigenvalue weighted by Crippen LogP contribution is 2.08. The van der Waals surface area contributed by atoms with Gasteiger partial charge in [0, 0.05) is 0 Å². The van der Waals surface area contributed by atoms with Crippen LogP contribution in [0.5, 0.6) is 0 Å². The van der Waals surface area contributed by atoms with E-state index in [1.54, 1.807) is 36.4 Å². The predicted molar refractivity (Wildman–Crippen MR) is 109 cm³/mol. The van der Waals surface area contributed by atoms with Gasteiger partial charge in [-0.05, 0) is 36.4 Å². The van der Waals surface area contributed by atoms with Crippen LogP contribution in [-0.4, -0.2) is 18.2 Å². The Bertz CT molecular complexity index is 799. The van der Waals surface area contributed by atoms with Crippen molar-refractivity contribution in [3.8, 4) is 0 Å². The molecule has 3 aromatic carbocycles. The molecule has 0 saturated heterocycles. The molecule has 3 rings (SSSR count). The lowest BCUT2D eigenvalue weighted by atomic mass is 10.3. The number of isocyanates is 3. The van der Waals surface area contributed by atoms with Crippen LogP contribution in [0.3, 0.4) is 0 Å². The van der Waals surface area contributed by atoms with Crippen LogP contribution in [0.2, 0.25) is 0 Å². The van der Waals surface area contributed by atoms with Crippen LogP contribution in [0, 0.1) is 0 Å². The van der Waals surface area contributed by atoms with E-state index in [4.69, 9.17) is 0 Å². The normalized spacial score (nSPS) is 7.71. The summed E-state index contributed by atoms with van der Waals surface area (Å²) in [5.74, 6) is 0. The second-order valence-corrected chi connectivity index (χ2v) is 4.62. The fourth-order valence-electron chi connectivity index (χ4n) is 1.67. The fourth-order valence-corrected chi connectivity index (χ4v) is 1.67. The van der Waals surface area contributed by atoms with Gasteiger partial charge in [0.1, 0.15) is 0 Å². The molecule has 0 radical (unpaired) electrons. The third kappa shape index (κ3) is 11.4. The van der Waals surface area contributed by atoms with E-state index in [-0.39, 0.29) is 7.43 Å². The minimum Gasteiger partial charge on any atom is -0.211 e. The molecule has 0 spiro atoms. The molecular weight excluding hydrogens is 354 g/mol. The standard InChI is InChI=1S/3C7H5NO.CH4/c3*9-6-8-7-4-2-1-3-5-7;/h3*1-5H;1H4. The molecule has 0 aliphatic carbocycles. The quantitative estimate of drug-likeness (QED) is 0.442. The Hall–Kier alpha value is -4.20. The maximum absolute atomic E-state index is 9.68. The van der Waals surface area contributed by atoms with Gasteiger partial charge in [-0.1, -0.05) is 62.0 Å². The average Bonchev–Trinajstić information content (AvgIpc) is 2.72. The Balaban J connectivity index is 0.000000384. The molecule has 0 unspecified atom stereocenters. The molecule has 0 atom stereocenters. The summed E-state index contributed by atoms with van der Waals surface area (Å²) in [6.45, 7) is 0. The van der Waals surface area contributed by atoms with Gasteiger partial charge in [-0.15, -0.1) is 0 Å². The first-order valence-corrected chi connectivity index (χ1v) is 7.69. The summed E-state index contributed by atoms with van der Waals surface area (Å²) in [4.78, 5) is 39.3. The molecule has 0 fully saturated rings. The highest BCUT2D eigenvalue weighted by molar-refractivity contribution is 5.49. The van der Waals surface area contributed by atoms with E-state index in [1.165, 1.54) is 18.2 Å². The number of carbonyl (C=O) groups excluding carboxylic acids is 3. The maximum Gasteiger partial charge on any atom is 0.240 e. The van der Waals surface area contributed by atoms with Gasteiger partial charge in [-0.2, -0.15) is 15.0 Å². The average molecular weight is 373 g/mol. The van der Waals surface area contributed by atoms with Gasteiger partial charge in [0.05, 0.1) is 17.1 Å². The Morgan fingerprint density at radius 3 is 0.821 bits per heavy atom. The number of para-hydroxylation sites is 3. The number of rotatable bonds is 3. The van der Waals surface area contributed by atoms with Crippen LogP contribution in [0.1, 0.15) is 7.43 Å². The van der Waals surface area contributed by atoms with Crippen molar-refractivity contribution in [3.05, 3.63) is 91.0 Å². The zero-order valence-electron chi connectivity index (χ0n) is 14.2. The third-order valence-corrected chi connectivity index (χ3v) is 2.79. The summed E-state index contributed by atoms with van der Waals surface area (Å²) in [6.07, 6.45) is 4.38. The van der Waals surface area contributed by atoms with Gasteiger partial charge in [0.15, 0.2) is 0 Å². The van der Waals surface area contributed by atoms with E-state index in [9.17, 15) is 14.4 Å².